The Morgan fingerprint density at radius 1 is 1.53 bits per heavy atom. The van der Waals surface area contributed by atoms with E-state index in [0.717, 1.165) is 25.7 Å². The fourth-order valence-electron chi connectivity index (χ4n) is 2.52. The number of hydrogen-bond acceptors (Lipinski definition) is 3. The molecule has 4 unspecified atom stereocenters. The molecule has 0 bridgehead atoms. The van der Waals surface area contributed by atoms with Crippen molar-refractivity contribution >= 4 is 5.91 Å². The van der Waals surface area contributed by atoms with E-state index in [-0.39, 0.29) is 23.9 Å². The zero-order valence-electron chi connectivity index (χ0n) is 11.2. The maximum Gasteiger partial charge on any atom is 0.224 e. The van der Waals surface area contributed by atoms with Gasteiger partial charge in [-0.3, -0.25) is 4.79 Å². The van der Waals surface area contributed by atoms with Gasteiger partial charge in [0.1, 0.15) is 0 Å². The molecule has 17 heavy (non-hydrogen) atoms. The first-order valence-corrected chi connectivity index (χ1v) is 6.65. The molecule has 0 heterocycles. The quantitative estimate of drug-likeness (QED) is 0.763. The Kier molecular flexibility index (Phi) is 5.92. The monoisotopic (exact) mass is 242 g/mol. The minimum absolute atomic E-state index is 0.00352. The lowest BCUT2D eigenvalue weighted by atomic mass is 9.77. The Morgan fingerprint density at radius 2 is 2.24 bits per heavy atom. The molecule has 1 aliphatic carbocycles. The number of carbonyl (C=O) groups excluding carboxylic acids is 1. The highest BCUT2D eigenvalue weighted by Gasteiger charge is 2.33. The fraction of sp³-hybridized carbons (Fsp3) is 0.923. The summed E-state index contributed by atoms with van der Waals surface area (Å²) in [6, 6.07) is 0.112. The average Bonchev–Trinajstić information content (AvgIpc) is 2.31. The van der Waals surface area contributed by atoms with Gasteiger partial charge >= 0.3 is 0 Å². The van der Waals surface area contributed by atoms with Gasteiger partial charge in [-0.1, -0.05) is 20.3 Å². The van der Waals surface area contributed by atoms with E-state index in [1.165, 1.54) is 0 Å². The van der Waals surface area contributed by atoms with Crippen molar-refractivity contribution in [1.29, 1.82) is 0 Å². The molecule has 1 aliphatic rings. The van der Waals surface area contributed by atoms with Crippen molar-refractivity contribution in [3.05, 3.63) is 0 Å². The number of carbonyl (C=O) groups is 1. The van der Waals surface area contributed by atoms with Crippen molar-refractivity contribution in [3.63, 3.8) is 0 Å². The third kappa shape index (κ3) is 3.96. The normalized spacial score (nSPS) is 30.9. The van der Waals surface area contributed by atoms with Crippen molar-refractivity contribution < 1.29 is 9.53 Å². The van der Waals surface area contributed by atoms with Gasteiger partial charge in [0.15, 0.2) is 0 Å². The van der Waals surface area contributed by atoms with Crippen LogP contribution in [-0.4, -0.2) is 31.7 Å². The standard InChI is InChI=1S/C13H26N2O2/c1-4-10(8-17-3)15-13(16)11-7-5-6-9(2)12(11)14/h9-12H,4-8,14H2,1-3H3,(H,15,16). The van der Waals surface area contributed by atoms with Gasteiger partial charge in [-0.2, -0.15) is 0 Å². The van der Waals surface area contributed by atoms with Crippen LogP contribution in [0.1, 0.15) is 39.5 Å². The van der Waals surface area contributed by atoms with Crippen LogP contribution in [0.4, 0.5) is 0 Å². The van der Waals surface area contributed by atoms with Crippen molar-refractivity contribution in [2.24, 2.45) is 17.6 Å². The zero-order chi connectivity index (χ0) is 12.8. The van der Waals surface area contributed by atoms with E-state index < -0.39 is 0 Å². The molecule has 1 fully saturated rings. The van der Waals surface area contributed by atoms with E-state index in [1.807, 2.05) is 6.92 Å². The fourth-order valence-corrected chi connectivity index (χ4v) is 2.52. The maximum atomic E-state index is 12.2. The molecule has 0 aromatic heterocycles. The van der Waals surface area contributed by atoms with Gasteiger partial charge in [0, 0.05) is 13.2 Å². The highest BCUT2D eigenvalue weighted by Crippen LogP contribution is 2.28. The summed E-state index contributed by atoms with van der Waals surface area (Å²) in [7, 11) is 1.66. The second-order valence-electron chi connectivity index (χ2n) is 5.16. The number of amides is 1. The van der Waals surface area contributed by atoms with Crippen LogP contribution in [0.15, 0.2) is 0 Å². The topological polar surface area (TPSA) is 64.3 Å². The largest absolute Gasteiger partial charge is 0.383 e. The molecule has 3 N–H and O–H groups in total. The second kappa shape index (κ2) is 6.97. The molecule has 100 valence electrons. The minimum Gasteiger partial charge on any atom is -0.383 e. The summed E-state index contributed by atoms with van der Waals surface area (Å²) in [5, 5.41) is 3.04. The van der Waals surface area contributed by atoms with Crippen LogP contribution < -0.4 is 11.1 Å². The number of nitrogens with one attached hydrogen (secondary N) is 1. The third-order valence-corrected chi connectivity index (χ3v) is 3.84. The first kappa shape index (κ1) is 14.5. The lowest BCUT2D eigenvalue weighted by Gasteiger charge is -2.33. The van der Waals surface area contributed by atoms with E-state index in [0.29, 0.717) is 12.5 Å². The lowest BCUT2D eigenvalue weighted by Crippen LogP contribution is -2.50. The number of rotatable bonds is 5. The average molecular weight is 242 g/mol. The van der Waals surface area contributed by atoms with Gasteiger partial charge in [-0.15, -0.1) is 0 Å². The van der Waals surface area contributed by atoms with Crippen molar-refractivity contribution in [1.82, 2.24) is 5.32 Å². The summed E-state index contributed by atoms with van der Waals surface area (Å²) >= 11 is 0. The summed E-state index contributed by atoms with van der Waals surface area (Å²) in [6.45, 7) is 4.75. The highest BCUT2D eigenvalue weighted by atomic mass is 16.5. The van der Waals surface area contributed by atoms with Crippen molar-refractivity contribution in [3.8, 4) is 0 Å². The van der Waals surface area contributed by atoms with E-state index in [9.17, 15) is 4.79 Å². The van der Waals surface area contributed by atoms with Gasteiger partial charge in [0.2, 0.25) is 5.91 Å². The molecule has 0 aliphatic heterocycles. The number of hydrogen-bond donors (Lipinski definition) is 2. The second-order valence-corrected chi connectivity index (χ2v) is 5.16. The first-order valence-electron chi connectivity index (χ1n) is 6.65. The van der Waals surface area contributed by atoms with E-state index in [4.69, 9.17) is 10.5 Å². The Bertz CT molecular complexity index is 246. The van der Waals surface area contributed by atoms with Gasteiger partial charge in [0.25, 0.3) is 0 Å². The number of nitrogens with two attached hydrogens (primary N) is 1. The summed E-state index contributed by atoms with van der Waals surface area (Å²) in [5.41, 5.74) is 6.12. The number of ether oxygens (including phenoxy) is 1. The Balaban J connectivity index is 2.50. The summed E-state index contributed by atoms with van der Waals surface area (Å²) < 4.78 is 5.09. The van der Waals surface area contributed by atoms with E-state index >= 15 is 0 Å². The molecule has 0 saturated heterocycles. The van der Waals surface area contributed by atoms with E-state index in [2.05, 4.69) is 12.2 Å². The lowest BCUT2D eigenvalue weighted by molar-refractivity contribution is -0.128. The van der Waals surface area contributed by atoms with Gasteiger partial charge < -0.3 is 15.8 Å². The number of methoxy groups -OCH3 is 1. The molecule has 0 aromatic carbocycles. The molecule has 4 heteroatoms. The Morgan fingerprint density at radius 3 is 2.82 bits per heavy atom. The molecular formula is C13H26N2O2. The minimum atomic E-state index is -0.0235. The van der Waals surface area contributed by atoms with Gasteiger partial charge in [-0.05, 0) is 25.2 Å². The molecule has 1 amide bonds. The zero-order valence-corrected chi connectivity index (χ0v) is 11.2. The van der Waals surface area contributed by atoms with Crippen LogP contribution in [0.25, 0.3) is 0 Å². The van der Waals surface area contributed by atoms with E-state index in [1.54, 1.807) is 7.11 Å². The molecule has 4 atom stereocenters. The van der Waals surface area contributed by atoms with Crippen LogP contribution in [0, 0.1) is 11.8 Å². The van der Waals surface area contributed by atoms with Gasteiger partial charge in [0.05, 0.1) is 18.6 Å². The summed E-state index contributed by atoms with van der Waals surface area (Å²) in [4.78, 5) is 12.2. The Labute approximate surface area is 104 Å². The Hall–Kier alpha value is -0.610. The maximum absolute atomic E-state index is 12.2. The SMILES string of the molecule is CCC(COC)NC(=O)C1CCCC(C)C1N. The third-order valence-electron chi connectivity index (χ3n) is 3.84. The van der Waals surface area contributed by atoms with Crippen LogP contribution in [0.3, 0.4) is 0 Å². The smallest absolute Gasteiger partial charge is 0.224 e. The highest BCUT2D eigenvalue weighted by molar-refractivity contribution is 5.79. The molecule has 0 aromatic rings. The van der Waals surface area contributed by atoms with Crippen molar-refractivity contribution in [2.75, 3.05) is 13.7 Å². The predicted molar refractivity (Wildman–Crippen MR) is 68.6 cm³/mol. The summed E-state index contributed by atoms with van der Waals surface area (Å²) in [5.74, 6) is 0.527. The predicted octanol–water partition coefficient (Wildman–Crippen LogP) is 1.29. The van der Waals surface area contributed by atoms with Crippen molar-refractivity contribution in [2.45, 2.75) is 51.6 Å². The van der Waals surface area contributed by atoms with Crippen LogP contribution in [-0.2, 0) is 9.53 Å². The van der Waals surface area contributed by atoms with Crippen LogP contribution >= 0.6 is 0 Å². The molecule has 4 nitrogen and oxygen atoms in total. The molecule has 0 radical (unpaired) electrons. The molecule has 1 rings (SSSR count). The van der Waals surface area contributed by atoms with Gasteiger partial charge in [-0.25, -0.2) is 0 Å². The molecular weight excluding hydrogens is 216 g/mol. The molecule has 0 spiro atoms. The summed E-state index contributed by atoms with van der Waals surface area (Å²) in [6.07, 6.45) is 4.05. The molecule has 1 saturated carbocycles. The van der Waals surface area contributed by atoms with Crippen LogP contribution in [0.5, 0.6) is 0 Å². The first-order chi connectivity index (χ1) is 8.10. The van der Waals surface area contributed by atoms with Crippen LogP contribution in [0.2, 0.25) is 0 Å².